The van der Waals surface area contributed by atoms with Crippen LogP contribution in [-0.4, -0.2) is 29.6 Å². The molecule has 0 aliphatic heterocycles. The Labute approximate surface area is 132 Å². The van der Waals surface area contributed by atoms with Crippen LogP contribution < -0.4 is 0 Å². The van der Waals surface area contributed by atoms with E-state index in [1.54, 1.807) is 16.2 Å². The fourth-order valence-electron chi connectivity index (χ4n) is 1.84. The number of aryl methyl sites for hydroxylation is 1. The third-order valence-corrected chi connectivity index (χ3v) is 4.82. The van der Waals surface area contributed by atoms with Crippen LogP contribution in [-0.2, 0) is 6.54 Å². The van der Waals surface area contributed by atoms with E-state index >= 15 is 0 Å². The van der Waals surface area contributed by atoms with E-state index in [4.69, 9.17) is 5.11 Å². The second kappa shape index (κ2) is 7.41. The largest absolute Gasteiger partial charge is 0.395 e. The Bertz CT molecular complexity index is 676. The lowest BCUT2D eigenvalue weighted by Gasteiger charge is -2.15. The summed E-state index contributed by atoms with van der Waals surface area (Å²) in [4.78, 5) is 15.8. The molecule has 0 saturated heterocycles. The fourth-order valence-corrected chi connectivity index (χ4v) is 3.53. The molecule has 0 atom stereocenters. The molecular weight excluding hydrogens is 302 g/mol. The van der Waals surface area contributed by atoms with Crippen LogP contribution in [0.4, 0.5) is 0 Å². The van der Waals surface area contributed by atoms with E-state index in [0.29, 0.717) is 13.0 Å². The van der Waals surface area contributed by atoms with Gasteiger partial charge in [0.2, 0.25) is 0 Å². The molecule has 0 aliphatic rings. The quantitative estimate of drug-likeness (QED) is 0.880. The number of nitrogens with zero attached hydrogens (tertiary/aromatic N) is 1. The zero-order valence-electron chi connectivity index (χ0n) is 12.0. The molecule has 0 unspecified atom stereocenters. The van der Waals surface area contributed by atoms with Crippen LogP contribution in [0.1, 0.15) is 32.1 Å². The average Bonchev–Trinajstić information content (AvgIpc) is 3.07. The lowest BCUT2D eigenvalue weighted by Crippen LogP contribution is -2.25. The highest BCUT2D eigenvalue weighted by atomic mass is 32.1. The van der Waals surface area contributed by atoms with E-state index in [1.807, 2.05) is 36.9 Å². The number of aliphatic hydroxyl groups excluding tert-OH is 1. The van der Waals surface area contributed by atoms with Crippen LogP contribution in [0.15, 0.2) is 22.9 Å². The van der Waals surface area contributed by atoms with Crippen molar-refractivity contribution in [3.05, 3.63) is 43.8 Å². The molecule has 0 saturated carbocycles. The Kier molecular flexibility index (Phi) is 5.57. The number of carbonyl (C=O) groups excluding carboxylic acids is 1. The maximum atomic E-state index is 12.3. The summed E-state index contributed by atoms with van der Waals surface area (Å²) in [6.45, 7) is 2.62. The zero-order chi connectivity index (χ0) is 15.2. The molecule has 2 heterocycles. The van der Waals surface area contributed by atoms with Crippen molar-refractivity contribution < 1.29 is 9.90 Å². The number of carbonyl (C=O) groups is 1. The van der Waals surface area contributed by atoms with Crippen molar-refractivity contribution in [2.24, 2.45) is 0 Å². The molecule has 5 heteroatoms. The molecule has 2 rings (SSSR count). The minimum absolute atomic E-state index is 0.0571. The van der Waals surface area contributed by atoms with Crippen LogP contribution in [0.3, 0.4) is 0 Å². The maximum absolute atomic E-state index is 12.3. The topological polar surface area (TPSA) is 40.5 Å². The first kappa shape index (κ1) is 15.8. The first-order valence-electron chi connectivity index (χ1n) is 6.58. The first-order chi connectivity index (χ1) is 10.1. The van der Waals surface area contributed by atoms with Crippen molar-refractivity contribution in [2.75, 3.05) is 13.7 Å². The molecule has 0 radical (unpaired) electrons. The molecule has 2 aromatic heterocycles. The monoisotopic (exact) mass is 319 g/mol. The summed E-state index contributed by atoms with van der Waals surface area (Å²) in [5.74, 6) is 5.97. The highest BCUT2D eigenvalue weighted by Gasteiger charge is 2.15. The lowest BCUT2D eigenvalue weighted by atomic mass is 10.2. The number of rotatable bonds is 4. The summed E-state index contributed by atoms with van der Waals surface area (Å²) in [5.41, 5.74) is 2.11. The molecule has 2 aromatic rings. The molecular formula is C16H17NO2S2. The van der Waals surface area contributed by atoms with Crippen LogP contribution in [0.5, 0.6) is 0 Å². The van der Waals surface area contributed by atoms with Crippen molar-refractivity contribution in [1.29, 1.82) is 0 Å². The number of thiophene rings is 2. The average molecular weight is 319 g/mol. The molecule has 110 valence electrons. The standard InChI is InChI=1S/C16H17NO2S2/c1-12-6-8-20-15(12)16(19)17(2)10-13-9-14(21-11-13)5-3-4-7-18/h6,8-9,11,18H,4,7,10H2,1-2H3. The third kappa shape index (κ3) is 4.18. The Hall–Kier alpha value is -1.61. The van der Waals surface area contributed by atoms with Gasteiger partial charge < -0.3 is 10.0 Å². The van der Waals surface area contributed by atoms with Crippen LogP contribution >= 0.6 is 22.7 Å². The van der Waals surface area contributed by atoms with Gasteiger partial charge in [-0.05, 0) is 40.9 Å². The number of hydrogen-bond donors (Lipinski definition) is 1. The van der Waals surface area contributed by atoms with Gasteiger partial charge in [0.05, 0.1) is 16.4 Å². The minimum atomic E-state index is 0.0571. The van der Waals surface area contributed by atoms with Gasteiger partial charge in [0.1, 0.15) is 0 Å². The predicted molar refractivity (Wildman–Crippen MR) is 87.8 cm³/mol. The van der Waals surface area contributed by atoms with E-state index in [2.05, 4.69) is 11.8 Å². The molecule has 3 nitrogen and oxygen atoms in total. The molecule has 1 amide bonds. The van der Waals surface area contributed by atoms with Crippen molar-refractivity contribution in [3.63, 3.8) is 0 Å². The molecule has 0 fully saturated rings. The molecule has 0 bridgehead atoms. The molecule has 0 aromatic carbocycles. The third-order valence-electron chi connectivity index (χ3n) is 2.92. The fraction of sp³-hybridized carbons (Fsp3) is 0.312. The first-order valence-corrected chi connectivity index (χ1v) is 8.34. The SMILES string of the molecule is Cc1ccsc1C(=O)N(C)Cc1csc(C#CCCO)c1. The normalized spacial score (nSPS) is 10.0. The second-order valence-electron chi connectivity index (χ2n) is 4.69. The van der Waals surface area contributed by atoms with E-state index in [0.717, 1.165) is 20.9 Å². The lowest BCUT2D eigenvalue weighted by molar-refractivity contribution is 0.0789. The summed E-state index contributed by atoms with van der Waals surface area (Å²) in [5, 5.41) is 12.7. The summed E-state index contributed by atoms with van der Waals surface area (Å²) < 4.78 is 0. The van der Waals surface area contributed by atoms with Crippen molar-refractivity contribution in [1.82, 2.24) is 4.90 Å². The Morgan fingerprint density at radius 3 is 2.90 bits per heavy atom. The maximum Gasteiger partial charge on any atom is 0.264 e. The minimum Gasteiger partial charge on any atom is -0.395 e. The Morgan fingerprint density at radius 1 is 1.43 bits per heavy atom. The molecule has 21 heavy (non-hydrogen) atoms. The van der Waals surface area contributed by atoms with E-state index in [-0.39, 0.29) is 12.5 Å². The zero-order valence-corrected chi connectivity index (χ0v) is 13.7. The van der Waals surface area contributed by atoms with Crippen LogP contribution in [0.2, 0.25) is 0 Å². The van der Waals surface area contributed by atoms with Gasteiger partial charge in [0.25, 0.3) is 5.91 Å². The Morgan fingerprint density at radius 2 is 2.24 bits per heavy atom. The molecule has 0 spiro atoms. The van der Waals surface area contributed by atoms with Crippen molar-refractivity contribution >= 4 is 28.6 Å². The second-order valence-corrected chi connectivity index (χ2v) is 6.52. The molecule has 1 N–H and O–H groups in total. The van der Waals surface area contributed by atoms with Gasteiger partial charge in [-0.15, -0.1) is 22.7 Å². The smallest absolute Gasteiger partial charge is 0.264 e. The van der Waals surface area contributed by atoms with Gasteiger partial charge in [-0.25, -0.2) is 0 Å². The van der Waals surface area contributed by atoms with Crippen molar-refractivity contribution in [3.8, 4) is 11.8 Å². The van der Waals surface area contributed by atoms with Gasteiger partial charge in [0.15, 0.2) is 0 Å². The summed E-state index contributed by atoms with van der Waals surface area (Å²) in [7, 11) is 1.82. The van der Waals surface area contributed by atoms with Crippen molar-refractivity contribution in [2.45, 2.75) is 19.9 Å². The van der Waals surface area contributed by atoms with Gasteiger partial charge in [-0.2, -0.15) is 0 Å². The number of aliphatic hydroxyl groups is 1. The highest BCUT2D eigenvalue weighted by Crippen LogP contribution is 2.20. The van der Waals surface area contributed by atoms with Gasteiger partial charge in [-0.1, -0.05) is 11.8 Å². The predicted octanol–water partition coefficient (Wildman–Crippen LogP) is 3.12. The summed E-state index contributed by atoms with van der Waals surface area (Å²) >= 11 is 3.04. The van der Waals surface area contributed by atoms with Gasteiger partial charge in [0, 0.05) is 20.0 Å². The highest BCUT2D eigenvalue weighted by molar-refractivity contribution is 7.12. The van der Waals surface area contributed by atoms with Gasteiger partial charge in [-0.3, -0.25) is 4.79 Å². The number of hydrogen-bond acceptors (Lipinski definition) is 4. The summed E-state index contributed by atoms with van der Waals surface area (Å²) in [6, 6.07) is 3.96. The molecule has 0 aliphatic carbocycles. The number of amides is 1. The Balaban J connectivity index is 2.00. The van der Waals surface area contributed by atoms with E-state index < -0.39 is 0 Å². The van der Waals surface area contributed by atoms with Crippen LogP contribution in [0, 0.1) is 18.8 Å². The van der Waals surface area contributed by atoms with Crippen LogP contribution in [0.25, 0.3) is 0 Å². The van der Waals surface area contributed by atoms with E-state index in [9.17, 15) is 4.79 Å². The summed E-state index contributed by atoms with van der Waals surface area (Å²) in [6.07, 6.45) is 0.489. The van der Waals surface area contributed by atoms with Gasteiger partial charge >= 0.3 is 0 Å². The van der Waals surface area contributed by atoms with E-state index in [1.165, 1.54) is 11.3 Å².